The lowest BCUT2D eigenvalue weighted by molar-refractivity contribution is -0.120. The Morgan fingerprint density at radius 1 is 1.35 bits per heavy atom. The number of ether oxygens (including phenoxy) is 1. The Morgan fingerprint density at radius 2 is 2.15 bits per heavy atom. The van der Waals surface area contributed by atoms with E-state index in [1.165, 1.54) is 25.7 Å². The van der Waals surface area contributed by atoms with Crippen molar-refractivity contribution in [3.8, 4) is 5.75 Å². The SMILES string of the molecule is CCOc1cccc(CNC(=O)CNC2CCCC2)c1. The summed E-state index contributed by atoms with van der Waals surface area (Å²) < 4.78 is 5.44. The molecular weight excluding hydrogens is 252 g/mol. The molecule has 1 fully saturated rings. The normalized spacial score (nSPS) is 15.2. The number of nitrogens with one attached hydrogen (secondary N) is 2. The van der Waals surface area contributed by atoms with Gasteiger partial charge in [-0.25, -0.2) is 0 Å². The Kier molecular flexibility index (Phi) is 5.87. The van der Waals surface area contributed by atoms with E-state index in [1.54, 1.807) is 0 Å². The number of rotatable bonds is 7. The fourth-order valence-corrected chi connectivity index (χ4v) is 2.54. The quantitative estimate of drug-likeness (QED) is 0.803. The molecule has 2 N–H and O–H groups in total. The molecule has 1 aromatic carbocycles. The fourth-order valence-electron chi connectivity index (χ4n) is 2.54. The van der Waals surface area contributed by atoms with E-state index in [9.17, 15) is 4.79 Å². The van der Waals surface area contributed by atoms with Gasteiger partial charge in [-0.1, -0.05) is 25.0 Å². The van der Waals surface area contributed by atoms with Crippen molar-refractivity contribution in [2.75, 3.05) is 13.2 Å². The first-order valence-corrected chi connectivity index (χ1v) is 7.49. The van der Waals surface area contributed by atoms with Gasteiger partial charge in [0, 0.05) is 12.6 Å². The number of hydrogen-bond acceptors (Lipinski definition) is 3. The molecule has 0 bridgehead atoms. The molecule has 110 valence electrons. The van der Waals surface area contributed by atoms with E-state index in [0.29, 0.717) is 25.7 Å². The summed E-state index contributed by atoms with van der Waals surface area (Å²) in [6.07, 6.45) is 4.96. The highest BCUT2D eigenvalue weighted by molar-refractivity contribution is 5.78. The fraction of sp³-hybridized carbons (Fsp3) is 0.562. The monoisotopic (exact) mass is 276 g/mol. The zero-order valence-electron chi connectivity index (χ0n) is 12.2. The minimum atomic E-state index is 0.0544. The van der Waals surface area contributed by atoms with Gasteiger partial charge in [0.05, 0.1) is 13.2 Å². The maximum absolute atomic E-state index is 11.8. The van der Waals surface area contributed by atoms with Crippen LogP contribution in [0.15, 0.2) is 24.3 Å². The molecule has 4 heteroatoms. The molecule has 0 aromatic heterocycles. The first kappa shape index (κ1) is 14.9. The lowest BCUT2D eigenvalue weighted by atomic mass is 10.2. The maximum Gasteiger partial charge on any atom is 0.234 e. The molecule has 1 aliphatic carbocycles. The molecule has 0 atom stereocenters. The van der Waals surface area contributed by atoms with Crippen LogP contribution in [0.5, 0.6) is 5.75 Å². The van der Waals surface area contributed by atoms with Gasteiger partial charge in [0.2, 0.25) is 5.91 Å². The molecule has 1 aromatic rings. The summed E-state index contributed by atoms with van der Waals surface area (Å²) in [7, 11) is 0. The molecule has 0 unspecified atom stereocenters. The smallest absolute Gasteiger partial charge is 0.234 e. The zero-order valence-corrected chi connectivity index (χ0v) is 12.2. The van der Waals surface area contributed by atoms with E-state index in [1.807, 2.05) is 31.2 Å². The number of hydrogen-bond donors (Lipinski definition) is 2. The van der Waals surface area contributed by atoms with Crippen LogP contribution in [0, 0.1) is 0 Å². The summed E-state index contributed by atoms with van der Waals surface area (Å²) in [5, 5.41) is 6.25. The molecule has 1 amide bonds. The van der Waals surface area contributed by atoms with Crippen LogP contribution in [-0.4, -0.2) is 25.1 Å². The number of amides is 1. The maximum atomic E-state index is 11.8. The highest BCUT2D eigenvalue weighted by atomic mass is 16.5. The number of benzene rings is 1. The van der Waals surface area contributed by atoms with Crippen LogP contribution in [0.2, 0.25) is 0 Å². The summed E-state index contributed by atoms with van der Waals surface area (Å²) in [4.78, 5) is 11.8. The predicted octanol–water partition coefficient (Wildman–Crippen LogP) is 2.23. The first-order chi connectivity index (χ1) is 9.78. The lowest BCUT2D eigenvalue weighted by Crippen LogP contribution is -2.37. The Balaban J connectivity index is 1.70. The molecule has 0 heterocycles. The van der Waals surface area contributed by atoms with Gasteiger partial charge >= 0.3 is 0 Å². The van der Waals surface area contributed by atoms with Gasteiger partial charge in [0.15, 0.2) is 0 Å². The van der Waals surface area contributed by atoms with Crippen molar-refractivity contribution in [3.63, 3.8) is 0 Å². The molecule has 0 aliphatic heterocycles. The molecule has 1 saturated carbocycles. The highest BCUT2D eigenvalue weighted by Gasteiger charge is 2.14. The number of carbonyl (C=O) groups excluding carboxylic acids is 1. The Morgan fingerprint density at radius 3 is 2.90 bits per heavy atom. The van der Waals surface area contributed by atoms with Crippen molar-refractivity contribution >= 4 is 5.91 Å². The summed E-state index contributed by atoms with van der Waals surface area (Å²) >= 11 is 0. The topological polar surface area (TPSA) is 50.4 Å². The standard InChI is InChI=1S/C16H24N2O2/c1-2-20-15-9-5-6-13(10-15)11-18-16(19)12-17-14-7-3-4-8-14/h5-6,9-10,14,17H,2-4,7-8,11-12H2,1H3,(H,18,19). The van der Waals surface area contributed by atoms with Gasteiger partial charge in [-0.15, -0.1) is 0 Å². The minimum absolute atomic E-state index is 0.0544. The van der Waals surface area contributed by atoms with Crippen LogP contribution < -0.4 is 15.4 Å². The van der Waals surface area contributed by atoms with Gasteiger partial charge < -0.3 is 15.4 Å². The van der Waals surface area contributed by atoms with Crippen molar-refractivity contribution < 1.29 is 9.53 Å². The van der Waals surface area contributed by atoms with Crippen molar-refractivity contribution in [3.05, 3.63) is 29.8 Å². The summed E-state index contributed by atoms with van der Waals surface area (Å²) in [5.74, 6) is 0.905. The van der Waals surface area contributed by atoms with Crippen LogP contribution in [0.1, 0.15) is 38.2 Å². The van der Waals surface area contributed by atoms with Crippen LogP contribution in [0.4, 0.5) is 0 Å². The van der Waals surface area contributed by atoms with Crippen molar-refractivity contribution in [2.24, 2.45) is 0 Å². The first-order valence-electron chi connectivity index (χ1n) is 7.49. The van der Waals surface area contributed by atoms with Crippen LogP contribution in [0.3, 0.4) is 0 Å². The third kappa shape index (κ3) is 4.85. The van der Waals surface area contributed by atoms with Gasteiger partial charge in [-0.2, -0.15) is 0 Å². The van der Waals surface area contributed by atoms with Crippen molar-refractivity contribution in [2.45, 2.75) is 45.2 Å². The molecule has 0 spiro atoms. The molecule has 4 nitrogen and oxygen atoms in total. The van der Waals surface area contributed by atoms with E-state index in [2.05, 4.69) is 10.6 Å². The van der Waals surface area contributed by atoms with E-state index >= 15 is 0 Å². The largest absolute Gasteiger partial charge is 0.494 e. The third-order valence-corrected chi connectivity index (χ3v) is 3.61. The molecular formula is C16H24N2O2. The van der Waals surface area contributed by atoms with Gasteiger partial charge in [-0.05, 0) is 37.5 Å². The van der Waals surface area contributed by atoms with Crippen molar-refractivity contribution in [1.82, 2.24) is 10.6 Å². The summed E-state index contributed by atoms with van der Waals surface area (Å²) in [5.41, 5.74) is 1.06. The summed E-state index contributed by atoms with van der Waals surface area (Å²) in [6.45, 7) is 3.58. The van der Waals surface area contributed by atoms with Crippen LogP contribution in [-0.2, 0) is 11.3 Å². The third-order valence-electron chi connectivity index (χ3n) is 3.61. The van der Waals surface area contributed by atoms with Gasteiger partial charge in [0.25, 0.3) is 0 Å². The molecule has 0 saturated heterocycles. The Labute approximate surface area is 120 Å². The summed E-state index contributed by atoms with van der Waals surface area (Å²) in [6, 6.07) is 8.36. The van der Waals surface area contributed by atoms with Crippen LogP contribution >= 0.6 is 0 Å². The van der Waals surface area contributed by atoms with Crippen LogP contribution in [0.25, 0.3) is 0 Å². The number of carbonyl (C=O) groups is 1. The van der Waals surface area contributed by atoms with Gasteiger partial charge in [0.1, 0.15) is 5.75 Å². The van der Waals surface area contributed by atoms with E-state index in [-0.39, 0.29) is 5.91 Å². The molecule has 1 aliphatic rings. The average Bonchev–Trinajstić information content (AvgIpc) is 2.97. The molecule has 2 rings (SSSR count). The Hall–Kier alpha value is -1.55. The van der Waals surface area contributed by atoms with Gasteiger partial charge in [-0.3, -0.25) is 4.79 Å². The van der Waals surface area contributed by atoms with E-state index < -0.39 is 0 Å². The molecule has 0 radical (unpaired) electrons. The lowest BCUT2D eigenvalue weighted by Gasteiger charge is -2.12. The second kappa shape index (κ2) is 7.90. The average molecular weight is 276 g/mol. The van der Waals surface area contributed by atoms with Crippen molar-refractivity contribution in [1.29, 1.82) is 0 Å². The second-order valence-corrected chi connectivity index (χ2v) is 5.22. The Bertz CT molecular complexity index is 428. The van der Waals surface area contributed by atoms with E-state index in [4.69, 9.17) is 4.74 Å². The predicted molar refractivity (Wildman–Crippen MR) is 79.7 cm³/mol. The zero-order chi connectivity index (χ0) is 14.2. The van der Waals surface area contributed by atoms with E-state index in [0.717, 1.165) is 11.3 Å². The molecule has 20 heavy (non-hydrogen) atoms. The second-order valence-electron chi connectivity index (χ2n) is 5.22. The minimum Gasteiger partial charge on any atom is -0.494 e. The highest BCUT2D eigenvalue weighted by Crippen LogP contribution is 2.17.